The molecule has 1 aliphatic rings. The van der Waals surface area contributed by atoms with Gasteiger partial charge in [-0.15, -0.1) is 10.2 Å². The van der Waals surface area contributed by atoms with Gasteiger partial charge in [0.05, 0.1) is 7.05 Å². The Morgan fingerprint density at radius 1 is 1.36 bits per heavy atom. The third kappa shape index (κ3) is 5.03. The van der Waals surface area contributed by atoms with Crippen LogP contribution in [0.1, 0.15) is 44.8 Å². The Kier molecular flexibility index (Phi) is 6.53. The van der Waals surface area contributed by atoms with Crippen LogP contribution in [0.2, 0.25) is 0 Å². The minimum Gasteiger partial charge on any atom is -0.506 e. The zero-order chi connectivity index (χ0) is 18.4. The second-order valence-electron chi connectivity index (χ2n) is 6.87. The molecule has 0 radical (unpaired) electrons. The lowest BCUT2D eigenvalue weighted by Gasteiger charge is -2.15. The number of carbonyl (C=O) groups excluding carboxylic acids is 1. The van der Waals surface area contributed by atoms with Gasteiger partial charge in [0.2, 0.25) is 0 Å². The molecule has 2 heterocycles. The van der Waals surface area contributed by atoms with Gasteiger partial charge < -0.3 is 19.9 Å². The molecule has 0 aromatic carbocycles. The van der Waals surface area contributed by atoms with Crippen molar-refractivity contribution in [3.8, 4) is 6.07 Å². The molecule has 1 unspecified atom stereocenters. The fraction of sp³-hybridized carbons (Fsp3) is 0.647. The SMILES string of the molecule is CC(C)NC(=O)C[NH+](C)C/C(O)=C(\C#N)c1nnc2n1CCCCC2. The first-order valence-corrected chi connectivity index (χ1v) is 8.77. The van der Waals surface area contributed by atoms with Crippen LogP contribution in [-0.2, 0) is 17.8 Å². The second kappa shape index (κ2) is 8.62. The zero-order valence-electron chi connectivity index (χ0n) is 15.2. The molecule has 1 amide bonds. The molecule has 3 N–H and O–H groups in total. The number of quaternary nitrogens is 1. The van der Waals surface area contributed by atoms with Gasteiger partial charge >= 0.3 is 0 Å². The first kappa shape index (κ1) is 18.9. The van der Waals surface area contributed by atoms with Crippen molar-refractivity contribution in [1.29, 1.82) is 5.26 Å². The summed E-state index contributed by atoms with van der Waals surface area (Å²) in [6.07, 6.45) is 4.04. The third-order valence-corrected chi connectivity index (χ3v) is 4.11. The van der Waals surface area contributed by atoms with Gasteiger partial charge in [0.15, 0.2) is 18.1 Å². The van der Waals surface area contributed by atoms with Crippen molar-refractivity contribution in [2.24, 2.45) is 0 Å². The first-order chi connectivity index (χ1) is 11.9. The van der Waals surface area contributed by atoms with Gasteiger partial charge in [-0.3, -0.25) is 4.79 Å². The minimum absolute atomic E-state index is 0.0585. The maximum atomic E-state index is 11.8. The fourth-order valence-electron chi connectivity index (χ4n) is 3.00. The van der Waals surface area contributed by atoms with Crippen LogP contribution in [0.3, 0.4) is 0 Å². The van der Waals surface area contributed by atoms with Crippen LogP contribution in [0.25, 0.3) is 5.57 Å². The minimum atomic E-state index is -0.0878. The van der Waals surface area contributed by atoms with Crippen LogP contribution < -0.4 is 10.2 Å². The Hall–Kier alpha value is -2.40. The van der Waals surface area contributed by atoms with Crippen LogP contribution in [0.4, 0.5) is 0 Å². The van der Waals surface area contributed by atoms with Crippen LogP contribution >= 0.6 is 0 Å². The smallest absolute Gasteiger partial charge is 0.275 e. The quantitative estimate of drug-likeness (QED) is 0.489. The van der Waals surface area contributed by atoms with Crippen molar-refractivity contribution in [3.63, 3.8) is 0 Å². The van der Waals surface area contributed by atoms with E-state index in [0.29, 0.717) is 5.82 Å². The van der Waals surface area contributed by atoms with Crippen molar-refractivity contribution >= 4 is 11.5 Å². The molecule has 1 atom stereocenters. The van der Waals surface area contributed by atoms with Crippen molar-refractivity contribution < 1.29 is 14.8 Å². The van der Waals surface area contributed by atoms with E-state index in [1.165, 1.54) is 0 Å². The number of nitrogens with one attached hydrogen (secondary N) is 2. The normalized spacial score (nSPS) is 16.4. The number of likely N-dealkylation sites (N-methyl/N-ethyl adjacent to an activating group) is 1. The lowest BCUT2D eigenvalue weighted by molar-refractivity contribution is -0.867. The van der Waals surface area contributed by atoms with Gasteiger partial charge in [-0.25, -0.2) is 0 Å². The number of hydrogen-bond acceptors (Lipinski definition) is 5. The van der Waals surface area contributed by atoms with Gasteiger partial charge in [0, 0.05) is 19.0 Å². The maximum absolute atomic E-state index is 11.8. The molecular formula is C17H27N6O2+. The molecule has 0 saturated heterocycles. The number of fused-ring (bicyclic) bond motifs is 1. The second-order valence-corrected chi connectivity index (χ2v) is 6.87. The van der Waals surface area contributed by atoms with Crippen LogP contribution in [0.5, 0.6) is 0 Å². The number of nitrogens with zero attached hydrogens (tertiary/aromatic N) is 4. The van der Waals surface area contributed by atoms with Gasteiger partial charge in [-0.2, -0.15) is 5.26 Å². The number of aromatic nitrogens is 3. The largest absolute Gasteiger partial charge is 0.506 e. The summed E-state index contributed by atoms with van der Waals surface area (Å²) in [5.74, 6) is 1.15. The van der Waals surface area contributed by atoms with Gasteiger partial charge in [0.1, 0.15) is 24.0 Å². The van der Waals surface area contributed by atoms with Gasteiger partial charge in [0.25, 0.3) is 5.91 Å². The topological polar surface area (TPSA) is 108 Å². The average Bonchev–Trinajstić information content (AvgIpc) is 2.76. The summed E-state index contributed by atoms with van der Waals surface area (Å²) in [6, 6.07) is 2.13. The molecule has 0 bridgehead atoms. The molecule has 0 fully saturated rings. The van der Waals surface area contributed by atoms with Crippen molar-refractivity contribution in [2.75, 3.05) is 20.1 Å². The highest BCUT2D eigenvalue weighted by atomic mass is 16.3. The predicted octanol–water partition coefficient (Wildman–Crippen LogP) is -0.164. The summed E-state index contributed by atoms with van der Waals surface area (Å²) < 4.78 is 1.93. The Labute approximate surface area is 148 Å². The van der Waals surface area contributed by atoms with E-state index < -0.39 is 0 Å². The molecule has 1 aromatic rings. The van der Waals surface area contributed by atoms with Crippen molar-refractivity contribution in [3.05, 3.63) is 17.4 Å². The summed E-state index contributed by atoms with van der Waals surface area (Å²) in [6.45, 7) is 4.95. The number of aliphatic hydroxyl groups is 1. The summed E-state index contributed by atoms with van der Waals surface area (Å²) in [4.78, 5) is 12.6. The Morgan fingerprint density at radius 3 is 2.80 bits per heavy atom. The Bertz CT molecular complexity index is 686. The maximum Gasteiger partial charge on any atom is 0.275 e. The standard InChI is InChI=1S/C17H26N6O2/c1-12(2)19-16(25)11-22(3)10-14(24)13(9-18)17-21-20-15-7-5-4-6-8-23(15)17/h12,24H,4-8,10-11H2,1-3H3,(H,19,25)/p+1/b14-13-. The van der Waals surface area contributed by atoms with E-state index in [9.17, 15) is 15.2 Å². The summed E-state index contributed by atoms with van der Waals surface area (Å²) >= 11 is 0. The van der Waals surface area contributed by atoms with Gasteiger partial charge in [-0.05, 0) is 26.7 Å². The lowest BCUT2D eigenvalue weighted by Crippen LogP contribution is -3.10. The molecule has 1 aromatic heterocycles. The molecule has 0 saturated carbocycles. The van der Waals surface area contributed by atoms with E-state index in [1.807, 2.05) is 18.4 Å². The number of hydrogen-bond donors (Lipinski definition) is 3. The number of carbonyl (C=O) groups is 1. The first-order valence-electron chi connectivity index (χ1n) is 8.77. The van der Waals surface area contributed by atoms with Crippen molar-refractivity contribution in [1.82, 2.24) is 20.1 Å². The molecule has 0 spiro atoms. The summed E-state index contributed by atoms with van der Waals surface area (Å²) in [5, 5.41) is 31.1. The van der Waals surface area contributed by atoms with Crippen LogP contribution in [-0.4, -0.2) is 52.0 Å². The number of aryl methyl sites for hydroxylation is 1. The Morgan fingerprint density at radius 2 is 2.12 bits per heavy atom. The van der Waals surface area contributed by atoms with Gasteiger partial charge in [-0.1, -0.05) is 6.42 Å². The summed E-state index contributed by atoms with van der Waals surface area (Å²) in [5.41, 5.74) is 0.143. The number of allylic oxidation sites excluding steroid dienone is 1. The highest BCUT2D eigenvalue weighted by Crippen LogP contribution is 2.20. The highest BCUT2D eigenvalue weighted by Gasteiger charge is 2.22. The molecule has 2 rings (SSSR count). The van der Waals surface area contributed by atoms with E-state index in [2.05, 4.69) is 21.6 Å². The molecule has 8 nitrogen and oxygen atoms in total. The highest BCUT2D eigenvalue weighted by molar-refractivity contribution is 5.77. The van der Waals surface area contributed by atoms with Crippen molar-refractivity contribution in [2.45, 2.75) is 52.1 Å². The predicted molar refractivity (Wildman–Crippen MR) is 92.6 cm³/mol. The van der Waals surface area contributed by atoms with E-state index in [-0.39, 0.29) is 36.4 Å². The molecule has 0 aliphatic carbocycles. The number of nitriles is 1. The zero-order valence-corrected chi connectivity index (χ0v) is 15.2. The number of aliphatic hydroxyl groups excluding tert-OH is 1. The Balaban J connectivity index is 2.14. The monoisotopic (exact) mass is 347 g/mol. The molecule has 136 valence electrons. The van der Waals surface area contributed by atoms with Crippen LogP contribution in [0, 0.1) is 11.3 Å². The average molecular weight is 347 g/mol. The fourth-order valence-corrected chi connectivity index (χ4v) is 3.00. The molecule has 25 heavy (non-hydrogen) atoms. The molecular weight excluding hydrogens is 320 g/mol. The molecule has 1 aliphatic heterocycles. The van der Waals surface area contributed by atoms with E-state index >= 15 is 0 Å². The van der Waals surface area contributed by atoms with Crippen LogP contribution in [0.15, 0.2) is 5.76 Å². The number of rotatable bonds is 6. The molecule has 8 heteroatoms. The summed E-state index contributed by atoms with van der Waals surface area (Å²) in [7, 11) is 1.80. The van der Waals surface area contributed by atoms with E-state index in [0.717, 1.165) is 43.0 Å². The lowest BCUT2D eigenvalue weighted by atomic mass is 10.2. The van der Waals surface area contributed by atoms with E-state index in [1.54, 1.807) is 7.05 Å². The number of amides is 1. The van der Waals surface area contributed by atoms with E-state index in [4.69, 9.17) is 0 Å². The third-order valence-electron chi connectivity index (χ3n) is 4.11.